The van der Waals surface area contributed by atoms with Crippen LogP contribution < -0.4 is 14.9 Å². The van der Waals surface area contributed by atoms with Crippen molar-refractivity contribution in [3.8, 4) is 0 Å². The average molecular weight is 385 g/mol. The van der Waals surface area contributed by atoms with Crippen molar-refractivity contribution in [1.29, 1.82) is 0 Å². The van der Waals surface area contributed by atoms with Crippen LogP contribution in [0.3, 0.4) is 0 Å². The van der Waals surface area contributed by atoms with Crippen LogP contribution in [-0.4, -0.2) is 34.0 Å². The average Bonchev–Trinajstić information content (AvgIpc) is 3.21. The van der Waals surface area contributed by atoms with Crippen molar-refractivity contribution in [1.82, 2.24) is 4.72 Å². The number of rotatable bonds is 7. The molecule has 0 atom stereocenters. The van der Waals surface area contributed by atoms with Gasteiger partial charge in [-0.05, 0) is 55.3 Å². The Hall–Kier alpha value is -2.64. The summed E-state index contributed by atoms with van der Waals surface area (Å²) < 4.78 is 26.5. The van der Waals surface area contributed by atoms with Crippen molar-refractivity contribution in [2.24, 2.45) is 0 Å². The molecule has 3 rings (SSSR count). The van der Waals surface area contributed by atoms with Gasteiger partial charge in [-0.1, -0.05) is 12.1 Å². The fourth-order valence-electron chi connectivity index (χ4n) is 3.00. The van der Waals surface area contributed by atoms with E-state index in [1.165, 1.54) is 43.2 Å². The Morgan fingerprint density at radius 2 is 1.81 bits per heavy atom. The van der Waals surface area contributed by atoms with Gasteiger partial charge in [0.15, 0.2) is 0 Å². The highest BCUT2D eigenvalue weighted by atomic mass is 32.2. The fraction of sp³-hybridized carbons (Fsp3) is 0.250. The second-order valence-corrected chi connectivity index (χ2v) is 8.13. The van der Waals surface area contributed by atoms with E-state index in [2.05, 4.69) is 21.5 Å². The molecular weight excluding hydrogens is 362 g/mol. The molecule has 2 aromatic carbocycles. The largest absolute Gasteiger partial charge is 0.371 e. The summed E-state index contributed by atoms with van der Waals surface area (Å²) in [5.74, 6) is -0.281. The van der Waals surface area contributed by atoms with Crippen molar-refractivity contribution in [3.63, 3.8) is 0 Å². The summed E-state index contributed by atoms with van der Waals surface area (Å²) in [5, 5.41) is 2.87. The standard InChI is InChI=1S/C20H23N3O3S/c1-2-12-21-27(25,26)19-10-8-16(9-11-19)20(24)22-17-6-5-7-18(15-17)23-13-3-4-14-23/h2,5-11,15,21H,1,3-4,12-14H2,(H,22,24). The second kappa shape index (κ2) is 8.37. The molecule has 0 saturated carbocycles. The number of hydrogen-bond acceptors (Lipinski definition) is 4. The van der Waals surface area contributed by atoms with Crippen LogP contribution >= 0.6 is 0 Å². The number of nitrogens with zero attached hydrogens (tertiary/aromatic N) is 1. The van der Waals surface area contributed by atoms with E-state index < -0.39 is 10.0 Å². The predicted molar refractivity (Wildman–Crippen MR) is 108 cm³/mol. The van der Waals surface area contributed by atoms with E-state index in [0.717, 1.165) is 18.8 Å². The van der Waals surface area contributed by atoms with Crippen LogP contribution in [0.2, 0.25) is 0 Å². The van der Waals surface area contributed by atoms with Gasteiger partial charge in [-0.15, -0.1) is 6.58 Å². The molecule has 1 fully saturated rings. The van der Waals surface area contributed by atoms with Gasteiger partial charge in [0.25, 0.3) is 5.91 Å². The molecule has 1 saturated heterocycles. The van der Waals surface area contributed by atoms with Gasteiger partial charge < -0.3 is 10.2 Å². The van der Waals surface area contributed by atoms with E-state index in [1.807, 2.05) is 24.3 Å². The van der Waals surface area contributed by atoms with Gasteiger partial charge in [-0.3, -0.25) is 4.79 Å². The topological polar surface area (TPSA) is 78.5 Å². The number of carbonyl (C=O) groups excluding carboxylic acids is 1. The number of benzene rings is 2. The van der Waals surface area contributed by atoms with E-state index >= 15 is 0 Å². The van der Waals surface area contributed by atoms with Crippen molar-refractivity contribution in [2.45, 2.75) is 17.7 Å². The molecule has 2 aromatic rings. The number of amides is 1. The van der Waals surface area contributed by atoms with Gasteiger partial charge in [0.1, 0.15) is 0 Å². The summed E-state index contributed by atoms with van der Waals surface area (Å²) in [7, 11) is -3.60. The summed E-state index contributed by atoms with van der Waals surface area (Å²) in [6.07, 6.45) is 3.84. The molecule has 27 heavy (non-hydrogen) atoms. The van der Waals surface area contributed by atoms with E-state index in [1.54, 1.807) is 0 Å². The van der Waals surface area contributed by atoms with Gasteiger partial charge in [-0.2, -0.15) is 0 Å². The zero-order chi connectivity index (χ0) is 19.3. The summed E-state index contributed by atoms with van der Waals surface area (Å²) >= 11 is 0. The van der Waals surface area contributed by atoms with Gasteiger partial charge in [0.05, 0.1) is 4.90 Å². The number of sulfonamides is 1. The summed E-state index contributed by atoms with van der Waals surface area (Å²) in [5.41, 5.74) is 2.21. The Morgan fingerprint density at radius 3 is 2.48 bits per heavy atom. The maximum absolute atomic E-state index is 12.5. The van der Waals surface area contributed by atoms with Crippen molar-refractivity contribution in [2.75, 3.05) is 29.9 Å². The van der Waals surface area contributed by atoms with Crippen LogP contribution in [0.4, 0.5) is 11.4 Å². The first kappa shape index (κ1) is 19.1. The zero-order valence-electron chi connectivity index (χ0n) is 15.0. The molecule has 0 aromatic heterocycles. The first-order chi connectivity index (χ1) is 13.0. The summed E-state index contributed by atoms with van der Waals surface area (Å²) in [6, 6.07) is 13.6. The molecule has 1 aliphatic rings. The maximum Gasteiger partial charge on any atom is 0.255 e. The number of hydrogen-bond donors (Lipinski definition) is 2. The van der Waals surface area contributed by atoms with Crippen LogP contribution in [0.1, 0.15) is 23.2 Å². The SMILES string of the molecule is C=CCNS(=O)(=O)c1ccc(C(=O)Nc2cccc(N3CCCC3)c2)cc1. The van der Waals surface area contributed by atoms with Crippen molar-refractivity contribution in [3.05, 3.63) is 66.7 Å². The smallest absolute Gasteiger partial charge is 0.255 e. The lowest BCUT2D eigenvalue weighted by Gasteiger charge is -2.18. The minimum atomic E-state index is -3.60. The quantitative estimate of drug-likeness (QED) is 0.718. The molecule has 0 aliphatic carbocycles. The van der Waals surface area contributed by atoms with Crippen LogP contribution in [-0.2, 0) is 10.0 Å². The van der Waals surface area contributed by atoms with Crippen LogP contribution in [0.15, 0.2) is 66.1 Å². The second-order valence-electron chi connectivity index (χ2n) is 6.36. The Kier molecular flexibility index (Phi) is 5.93. The molecule has 0 unspecified atom stereocenters. The highest BCUT2D eigenvalue weighted by molar-refractivity contribution is 7.89. The Balaban J connectivity index is 1.69. The van der Waals surface area contributed by atoms with Crippen LogP contribution in [0, 0.1) is 0 Å². The molecule has 6 nitrogen and oxygen atoms in total. The summed E-state index contributed by atoms with van der Waals surface area (Å²) in [4.78, 5) is 14.9. The first-order valence-corrected chi connectivity index (χ1v) is 10.3. The highest BCUT2D eigenvalue weighted by Crippen LogP contribution is 2.23. The molecule has 0 bridgehead atoms. The monoisotopic (exact) mass is 385 g/mol. The van der Waals surface area contributed by atoms with E-state index in [-0.39, 0.29) is 17.3 Å². The molecule has 1 heterocycles. The van der Waals surface area contributed by atoms with Crippen molar-refractivity contribution >= 4 is 27.3 Å². The Labute approximate surface area is 159 Å². The third-order valence-electron chi connectivity index (χ3n) is 4.42. The number of nitrogens with one attached hydrogen (secondary N) is 2. The van der Waals surface area contributed by atoms with Gasteiger partial charge in [-0.25, -0.2) is 13.1 Å². The molecule has 1 amide bonds. The van der Waals surface area contributed by atoms with Gasteiger partial charge in [0.2, 0.25) is 10.0 Å². The minimum absolute atomic E-state index is 0.108. The van der Waals surface area contributed by atoms with Gasteiger partial charge >= 0.3 is 0 Å². The fourth-order valence-corrected chi connectivity index (χ4v) is 3.99. The van der Waals surface area contributed by atoms with Crippen LogP contribution in [0.25, 0.3) is 0 Å². The normalized spacial score (nSPS) is 14.1. The zero-order valence-corrected chi connectivity index (χ0v) is 15.8. The molecule has 7 heteroatoms. The van der Waals surface area contributed by atoms with Gasteiger partial charge in [0, 0.05) is 36.6 Å². The first-order valence-electron chi connectivity index (χ1n) is 8.86. The summed E-state index contributed by atoms with van der Waals surface area (Å²) in [6.45, 7) is 5.70. The van der Waals surface area contributed by atoms with Crippen molar-refractivity contribution < 1.29 is 13.2 Å². The molecule has 2 N–H and O–H groups in total. The molecular formula is C20H23N3O3S. The molecule has 1 aliphatic heterocycles. The lowest BCUT2D eigenvalue weighted by atomic mass is 10.2. The molecule has 0 radical (unpaired) electrons. The van der Waals surface area contributed by atoms with E-state index in [4.69, 9.17) is 0 Å². The third kappa shape index (κ3) is 4.75. The van der Waals surface area contributed by atoms with Crippen LogP contribution in [0.5, 0.6) is 0 Å². The maximum atomic E-state index is 12.5. The molecule has 142 valence electrons. The van der Waals surface area contributed by atoms with E-state index in [9.17, 15) is 13.2 Å². The lowest BCUT2D eigenvalue weighted by Crippen LogP contribution is -2.23. The lowest BCUT2D eigenvalue weighted by molar-refractivity contribution is 0.102. The minimum Gasteiger partial charge on any atom is -0.371 e. The molecule has 0 spiro atoms. The number of carbonyl (C=O) groups is 1. The third-order valence-corrected chi connectivity index (χ3v) is 5.86. The predicted octanol–water partition coefficient (Wildman–Crippen LogP) is 3.00. The highest BCUT2D eigenvalue weighted by Gasteiger charge is 2.15. The number of anilines is 2. The Morgan fingerprint density at radius 1 is 1.11 bits per heavy atom. The van der Waals surface area contributed by atoms with E-state index in [0.29, 0.717) is 11.3 Å². The Bertz CT molecular complexity index is 918.